The molecule has 0 aromatic rings. The van der Waals surface area contributed by atoms with E-state index in [4.69, 9.17) is 11.1 Å². The standard InChI is InChI=1S/C8H8N6O4/c1-17-7(15)4-5(11-13-9)3-6(12-14-10)8(16)18-2/h3-4H,1-2H3/b5-4-,6-3-. The van der Waals surface area contributed by atoms with Gasteiger partial charge < -0.3 is 9.47 Å². The molecule has 0 N–H and O–H groups in total. The van der Waals surface area contributed by atoms with Gasteiger partial charge >= 0.3 is 11.9 Å². The van der Waals surface area contributed by atoms with Crippen molar-refractivity contribution in [3.8, 4) is 0 Å². The van der Waals surface area contributed by atoms with Crippen LogP contribution in [-0.4, -0.2) is 26.2 Å². The summed E-state index contributed by atoms with van der Waals surface area (Å²) >= 11 is 0. The van der Waals surface area contributed by atoms with Crippen LogP contribution in [0.5, 0.6) is 0 Å². The summed E-state index contributed by atoms with van der Waals surface area (Å²) in [7, 11) is 2.19. The molecule has 0 amide bonds. The first-order chi connectivity index (χ1) is 8.58. The lowest BCUT2D eigenvalue weighted by Crippen LogP contribution is -2.03. The summed E-state index contributed by atoms with van der Waals surface area (Å²) in [6.07, 6.45) is 1.71. The Morgan fingerprint density at radius 1 is 1.06 bits per heavy atom. The second-order valence-electron chi connectivity index (χ2n) is 2.49. The Morgan fingerprint density at radius 2 is 1.67 bits per heavy atom. The smallest absolute Gasteiger partial charge is 0.340 e. The molecule has 0 saturated carbocycles. The molecule has 0 aromatic carbocycles. The average Bonchev–Trinajstić information content (AvgIpc) is 2.37. The number of carbonyl (C=O) groups is 2. The fourth-order valence-electron chi connectivity index (χ4n) is 0.752. The molecule has 10 heteroatoms. The Morgan fingerprint density at radius 3 is 2.11 bits per heavy atom. The lowest BCUT2D eigenvalue weighted by molar-refractivity contribution is -0.136. The largest absolute Gasteiger partial charge is 0.466 e. The molecule has 0 unspecified atom stereocenters. The molecule has 0 rings (SSSR count). The van der Waals surface area contributed by atoms with Crippen molar-refractivity contribution in [3.05, 3.63) is 44.4 Å². The first kappa shape index (κ1) is 15.0. The predicted octanol–water partition coefficient (Wildman–Crippen LogP) is 1.72. The molecule has 0 fully saturated rings. The van der Waals surface area contributed by atoms with Crippen LogP contribution in [0.4, 0.5) is 0 Å². The van der Waals surface area contributed by atoms with Gasteiger partial charge in [0.05, 0.1) is 14.2 Å². The summed E-state index contributed by atoms with van der Waals surface area (Å²) in [6, 6.07) is 0. The maximum atomic E-state index is 11.2. The molecule has 0 aliphatic rings. The molecule has 0 atom stereocenters. The van der Waals surface area contributed by atoms with Crippen LogP contribution >= 0.6 is 0 Å². The molecule has 94 valence electrons. The van der Waals surface area contributed by atoms with Gasteiger partial charge in [0.25, 0.3) is 0 Å². The lowest BCUT2D eigenvalue weighted by atomic mass is 10.3. The summed E-state index contributed by atoms with van der Waals surface area (Å²) in [5.74, 6) is -1.75. The van der Waals surface area contributed by atoms with Gasteiger partial charge in [-0.25, -0.2) is 9.59 Å². The number of ether oxygens (including phenoxy) is 2. The zero-order valence-corrected chi connectivity index (χ0v) is 9.47. The SMILES string of the molecule is COC(=O)/C=C(/C=C(\N=[N+]=[N-])C(=O)OC)N=[N+]=[N-]. The molecule has 0 saturated heterocycles. The predicted molar refractivity (Wildman–Crippen MR) is 58.5 cm³/mol. The number of esters is 2. The molecule has 0 aliphatic carbocycles. The minimum Gasteiger partial charge on any atom is -0.466 e. The van der Waals surface area contributed by atoms with Crippen LogP contribution < -0.4 is 0 Å². The van der Waals surface area contributed by atoms with Crippen molar-refractivity contribution in [2.75, 3.05) is 14.2 Å². The number of hydrogen-bond acceptors (Lipinski definition) is 6. The Labute approximate surface area is 101 Å². The summed E-state index contributed by atoms with van der Waals surface area (Å²) in [6.45, 7) is 0. The first-order valence-corrected chi connectivity index (χ1v) is 4.28. The van der Waals surface area contributed by atoms with Crippen molar-refractivity contribution in [2.24, 2.45) is 10.2 Å². The van der Waals surface area contributed by atoms with Crippen LogP contribution in [0.1, 0.15) is 0 Å². The Balaban J connectivity index is 5.55. The molecule has 0 aromatic heterocycles. The topological polar surface area (TPSA) is 150 Å². The molecular weight excluding hydrogens is 244 g/mol. The van der Waals surface area contributed by atoms with E-state index in [1.165, 1.54) is 0 Å². The van der Waals surface area contributed by atoms with Crippen LogP contribution in [0.25, 0.3) is 20.9 Å². The van der Waals surface area contributed by atoms with Crippen LogP contribution in [-0.2, 0) is 19.1 Å². The third-order valence-electron chi connectivity index (χ3n) is 1.46. The van der Waals surface area contributed by atoms with Crippen molar-refractivity contribution in [2.45, 2.75) is 0 Å². The van der Waals surface area contributed by atoms with Crippen molar-refractivity contribution >= 4 is 11.9 Å². The molecular formula is C8H8N6O4. The van der Waals surface area contributed by atoms with E-state index in [1.807, 2.05) is 0 Å². The van der Waals surface area contributed by atoms with Crippen LogP contribution in [0.15, 0.2) is 33.8 Å². The number of hydrogen-bond donors (Lipinski definition) is 0. The highest BCUT2D eigenvalue weighted by Gasteiger charge is 2.08. The number of methoxy groups -OCH3 is 2. The minimum atomic E-state index is -0.947. The van der Waals surface area contributed by atoms with E-state index in [-0.39, 0.29) is 5.70 Å². The van der Waals surface area contributed by atoms with Crippen LogP contribution in [0, 0.1) is 0 Å². The first-order valence-electron chi connectivity index (χ1n) is 4.28. The van der Waals surface area contributed by atoms with Crippen molar-refractivity contribution in [1.82, 2.24) is 0 Å². The van der Waals surface area contributed by atoms with E-state index in [9.17, 15) is 9.59 Å². The Hall–Kier alpha value is -2.96. The number of rotatable bonds is 5. The van der Waals surface area contributed by atoms with E-state index in [1.54, 1.807) is 0 Å². The quantitative estimate of drug-likeness (QED) is 0.182. The molecule has 0 aliphatic heterocycles. The summed E-state index contributed by atoms with van der Waals surface area (Å²) in [5.41, 5.74) is 15.8. The normalized spacial score (nSPS) is 10.8. The molecule has 0 bridgehead atoms. The molecule has 0 spiro atoms. The lowest BCUT2D eigenvalue weighted by Gasteiger charge is -1.98. The zero-order valence-electron chi connectivity index (χ0n) is 9.47. The van der Waals surface area contributed by atoms with E-state index in [2.05, 4.69) is 29.5 Å². The second-order valence-corrected chi connectivity index (χ2v) is 2.49. The number of carbonyl (C=O) groups excluding carboxylic acids is 2. The maximum Gasteiger partial charge on any atom is 0.340 e. The van der Waals surface area contributed by atoms with Gasteiger partial charge in [-0.1, -0.05) is 10.2 Å². The third kappa shape index (κ3) is 5.21. The van der Waals surface area contributed by atoms with Gasteiger partial charge in [-0.05, 0) is 17.1 Å². The van der Waals surface area contributed by atoms with Crippen LogP contribution in [0.2, 0.25) is 0 Å². The fraction of sp³-hybridized carbons (Fsp3) is 0.250. The van der Waals surface area contributed by atoms with Gasteiger partial charge in [0.15, 0.2) is 0 Å². The third-order valence-corrected chi connectivity index (χ3v) is 1.46. The number of allylic oxidation sites excluding steroid dienone is 1. The fourth-order valence-corrected chi connectivity index (χ4v) is 0.752. The zero-order chi connectivity index (χ0) is 14.0. The van der Waals surface area contributed by atoms with Gasteiger partial charge in [-0.3, -0.25) is 0 Å². The summed E-state index contributed by atoms with van der Waals surface area (Å²) in [5, 5.41) is 6.17. The summed E-state index contributed by atoms with van der Waals surface area (Å²) in [4.78, 5) is 26.9. The highest BCUT2D eigenvalue weighted by Crippen LogP contribution is 2.08. The Kier molecular flexibility index (Phi) is 6.87. The van der Waals surface area contributed by atoms with Crippen molar-refractivity contribution in [1.29, 1.82) is 0 Å². The molecule has 0 radical (unpaired) electrons. The Bertz CT molecular complexity index is 496. The van der Waals surface area contributed by atoms with E-state index in [0.29, 0.717) is 0 Å². The number of azide groups is 2. The highest BCUT2D eigenvalue weighted by molar-refractivity contribution is 5.89. The van der Waals surface area contributed by atoms with Gasteiger partial charge in [0.1, 0.15) is 5.70 Å². The summed E-state index contributed by atoms with van der Waals surface area (Å²) < 4.78 is 8.63. The van der Waals surface area contributed by atoms with Crippen molar-refractivity contribution in [3.63, 3.8) is 0 Å². The van der Waals surface area contributed by atoms with E-state index >= 15 is 0 Å². The van der Waals surface area contributed by atoms with Gasteiger partial charge in [-0.15, -0.1) is 0 Å². The minimum absolute atomic E-state index is 0.267. The second kappa shape index (κ2) is 8.22. The maximum absolute atomic E-state index is 11.2. The van der Waals surface area contributed by atoms with Crippen LogP contribution in [0.3, 0.4) is 0 Å². The highest BCUT2D eigenvalue weighted by atomic mass is 16.5. The van der Waals surface area contributed by atoms with E-state index in [0.717, 1.165) is 26.4 Å². The molecule has 18 heavy (non-hydrogen) atoms. The van der Waals surface area contributed by atoms with Gasteiger partial charge in [0.2, 0.25) is 0 Å². The van der Waals surface area contributed by atoms with Crippen molar-refractivity contribution < 1.29 is 19.1 Å². The van der Waals surface area contributed by atoms with Gasteiger partial charge in [0, 0.05) is 21.6 Å². The monoisotopic (exact) mass is 252 g/mol. The average molecular weight is 252 g/mol. The van der Waals surface area contributed by atoms with Gasteiger partial charge in [-0.2, -0.15) is 0 Å². The number of nitrogens with zero attached hydrogens (tertiary/aromatic N) is 6. The van der Waals surface area contributed by atoms with E-state index < -0.39 is 17.6 Å². The molecule has 0 heterocycles. The molecule has 10 nitrogen and oxygen atoms in total.